The monoisotopic (exact) mass is 338 g/mol. The average molecular weight is 338 g/mol. The van der Waals surface area contributed by atoms with Crippen molar-refractivity contribution < 1.29 is 9.59 Å². The Labute approximate surface area is 147 Å². The van der Waals surface area contributed by atoms with Crippen molar-refractivity contribution in [1.82, 2.24) is 15.2 Å². The molecule has 1 saturated heterocycles. The highest BCUT2D eigenvalue weighted by Gasteiger charge is 2.21. The van der Waals surface area contributed by atoms with Crippen LogP contribution < -0.4 is 10.2 Å². The minimum absolute atomic E-state index is 0.0397. The van der Waals surface area contributed by atoms with Gasteiger partial charge >= 0.3 is 0 Å². The summed E-state index contributed by atoms with van der Waals surface area (Å²) in [5.74, 6) is 0.763. The van der Waals surface area contributed by atoms with E-state index in [2.05, 4.69) is 15.2 Å². The highest BCUT2D eigenvalue weighted by molar-refractivity contribution is 5.85. The Hall–Kier alpha value is -2.89. The molecule has 25 heavy (non-hydrogen) atoms. The van der Waals surface area contributed by atoms with Crippen LogP contribution in [0.25, 0.3) is 0 Å². The molecule has 0 aliphatic carbocycles. The molecule has 6 heteroatoms. The van der Waals surface area contributed by atoms with Crippen LogP contribution in [0.15, 0.2) is 54.7 Å². The number of nitrogens with one attached hydrogen (secondary N) is 1. The minimum atomic E-state index is -0.133. The Morgan fingerprint density at radius 2 is 1.68 bits per heavy atom. The number of amides is 2. The molecule has 2 amide bonds. The Kier molecular flexibility index (Phi) is 5.61. The van der Waals surface area contributed by atoms with E-state index in [0.29, 0.717) is 19.5 Å². The molecule has 1 aliphatic rings. The summed E-state index contributed by atoms with van der Waals surface area (Å²) >= 11 is 0. The molecule has 0 radical (unpaired) electrons. The van der Waals surface area contributed by atoms with Crippen LogP contribution in [-0.2, 0) is 16.0 Å². The van der Waals surface area contributed by atoms with Crippen molar-refractivity contribution in [3.05, 3.63) is 60.3 Å². The normalized spacial score (nSPS) is 14.2. The third-order valence-electron chi connectivity index (χ3n) is 4.25. The van der Waals surface area contributed by atoms with Gasteiger partial charge in [0.1, 0.15) is 5.82 Å². The zero-order valence-corrected chi connectivity index (χ0v) is 14.1. The number of hydrogen-bond acceptors (Lipinski definition) is 4. The lowest BCUT2D eigenvalue weighted by Crippen LogP contribution is -2.51. The fourth-order valence-corrected chi connectivity index (χ4v) is 2.86. The number of aromatic nitrogens is 1. The minimum Gasteiger partial charge on any atom is -0.353 e. The second-order valence-electron chi connectivity index (χ2n) is 5.99. The van der Waals surface area contributed by atoms with Crippen LogP contribution in [0.1, 0.15) is 5.56 Å². The van der Waals surface area contributed by atoms with E-state index in [0.717, 1.165) is 24.5 Å². The van der Waals surface area contributed by atoms with Gasteiger partial charge in [0.25, 0.3) is 0 Å². The summed E-state index contributed by atoms with van der Waals surface area (Å²) < 4.78 is 0. The van der Waals surface area contributed by atoms with Gasteiger partial charge in [-0.15, -0.1) is 0 Å². The Morgan fingerprint density at radius 1 is 0.960 bits per heavy atom. The van der Waals surface area contributed by atoms with E-state index in [-0.39, 0.29) is 18.4 Å². The fourth-order valence-electron chi connectivity index (χ4n) is 2.86. The van der Waals surface area contributed by atoms with Crippen molar-refractivity contribution in [1.29, 1.82) is 0 Å². The van der Waals surface area contributed by atoms with E-state index in [1.54, 1.807) is 11.1 Å². The highest BCUT2D eigenvalue weighted by Crippen LogP contribution is 2.12. The Bertz CT molecular complexity index is 698. The fraction of sp³-hybridized carbons (Fsp3) is 0.316. The van der Waals surface area contributed by atoms with Gasteiger partial charge in [-0.05, 0) is 17.7 Å². The summed E-state index contributed by atoms with van der Waals surface area (Å²) in [6.45, 7) is 2.84. The third-order valence-corrected chi connectivity index (χ3v) is 4.25. The maximum atomic E-state index is 12.3. The molecule has 2 heterocycles. The van der Waals surface area contributed by atoms with E-state index in [1.807, 2.05) is 48.5 Å². The first-order valence-electron chi connectivity index (χ1n) is 8.47. The number of hydrogen-bond donors (Lipinski definition) is 1. The van der Waals surface area contributed by atoms with E-state index in [1.165, 1.54) is 0 Å². The van der Waals surface area contributed by atoms with Gasteiger partial charge in [-0.2, -0.15) is 0 Å². The van der Waals surface area contributed by atoms with E-state index < -0.39 is 0 Å². The maximum absolute atomic E-state index is 12.3. The highest BCUT2D eigenvalue weighted by atomic mass is 16.2. The first-order valence-corrected chi connectivity index (χ1v) is 8.47. The maximum Gasteiger partial charge on any atom is 0.242 e. The largest absolute Gasteiger partial charge is 0.353 e. The smallest absolute Gasteiger partial charge is 0.242 e. The SMILES string of the molecule is O=C(Cc1ccccc1)NCC(=O)N1CCN(c2ccccn2)CC1. The summed E-state index contributed by atoms with van der Waals surface area (Å²) in [7, 11) is 0. The van der Waals surface area contributed by atoms with Crippen molar-refractivity contribution >= 4 is 17.6 Å². The van der Waals surface area contributed by atoms with Crippen LogP contribution >= 0.6 is 0 Å². The molecular formula is C19H22N4O2. The predicted molar refractivity (Wildman–Crippen MR) is 96.2 cm³/mol. The summed E-state index contributed by atoms with van der Waals surface area (Å²) in [4.78, 5) is 32.5. The summed E-state index contributed by atoms with van der Waals surface area (Å²) in [5, 5.41) is 2.72. The van der Waals surface area contributed by atoms with Gasteiger partial charge in [-0.3, -0.25) is 9.59 Å². The standard InChI is InChI=1S/C19H22N4O2/c24-18(14-16-6-2-1-3-7-16)21-15-19(25)23-12-10-22(11-13-23)17-8-4-5-9-20-17/h1-9H,10-15H2,(H,21,24). The number of anilines is 1. The van der Waals surface area contributed by atoms with Crippen molar-refractivity contribution in [3.63, 3.8) is 0 Å². The molecule has 1 N–H and O–H groups in total. The molecule has 1 aliphatic heterocycles. The lowest BCUT2D eigenvalue weighted by molar-refractivity contribution is -0.133. The van der Waals surface area contributed by atoms with Crippen molar-refractivity contribution in [2.45, 2.75) is 6.42 Å². The van der Waals surface area contributed by atoms with Crippen LogP contribution in [0.5, 0.6) is 0 Å². The Morgan fingerprint density at radius 3 is 2.36 bits per heavy atom. The van der Waals surface area contributed by atoms with Crippen LogP contribution in [0, 0.1) is 0 Å². The lowest BCUT2D eigenvalue weighted by atomic mass is 10.1. The number of carbonyl (C=O) groups excluding carboxylic acids is 2. The van der Waals surface area contributed by atoms with Gasteiger partial charge in [0.2, 0.25) is 11.8 Å². The number of nitrogens with zero attached hydrogens (tertiary/aromatic N) is 3. The molecule has 0 spiro atoms. The molecule has 1 aromatic heterocycles. The summed E-state index contributed by atoms with van der Waals surface area (Å²) in [5.41, 5.74) is 0.941. The van der Waals surface area contributed by atoms with Crippen LogP contribution in [0.3, 0.4) is 0 Å². The molecule has 0 atom stereocenters. The number of benzene rings is 1. The van der Waals surface area contributed by atoms with Crippen LogP contribution in [-0.4, -0.2) is 54.4 Å². The summed E-state index contributed by atoms with van der Waals surface area (Å²) in [6.07, 6.45) is 2.07. The van der Waals surface area contributed by atoms with Gasteiger partial charge in [0.05, 0.1) is 13.0 Å². The molecule has 0 unspecified atom stereocenters. The average Bonchev–Trinajstić information content (AvgIpc) is 2.68. The lowest BCUT2D eigenvalue weighted by Gasteiger charge is -2.35. The molecule has 1 fully saturated rings. The van der Waals surface area contributed by atoms with Crippen molar-refractivity contribution in [2.24, 2.45) is 0 Å². The van der Waals surface area contributed by atoms with Crippen molar-refractivity contribution in [3.8, 4) is 0 Å². The van der Waals surface area contributed by atoms with Gasteiger partial charge in [0, 0.05) is 32.4 Å². The van der Waals surface area contributed by atoms with E-state index in [9.17, 15) is 9.59 Å². The number of rotatable bonds is 5. The topological polar surface area (TPSA) is 65.5 Å². The summed E-state index contributed by atoms with van der Waals surface area (Å²) in [6, 6.07) is 15.3. The van der Waals surface area contributed by atoms with Crippen LogP contribution in [0.2, 0.25) is 0 Å². The molecule has 6 nitrogen and oxygen atoms in total. The molecule has 0 bridgehead atoms. The quantitative estimate of drug-likeness (QED) is 0.886. The molecule has 2 aromatic rings. The Balaban J connectivity index is 1.41. The predicted octanol–water partition coefficient (Wildman–Crippen LogP) is 1.09. The second kappa shape index (κ2) is 8.28. The van der Waals surface area contributed by atoms with E-state index in [4.69, 9.17) is 0 Å². The number of pyridine rings is 1. The first-order chi connectivity index (χ1) is 12.2. The molecular weight excluding hydrogens is 316 g/mol. The van der Waals surface area contributed by atoms with Crippen molar-refractivity contribution in [2.75, 3.05) is 37.6 Å². The molecule has 1 aromatic carbocycles. The second-order valence-corrected chi connectivity index (χ2v) is 5.99. The molecule has 130 valence electrons. The third kappa shape index (κ3) is 4.79. The van der Waals surface area contributed by atoms with E-state index >= 15 is 0 Å². The van der Waals surface area contributed by atoms with Gasteiger partial charge in [-0.1, -0.05) is 36.4 Å². The molecule has 0 saturated carbocycles. The number of carbonyl (C=O) groups is 2. The number of piperazine rings is 1. The van der Waals surface area contributed by atoms with Gasteiger partial charge in [-0.25, -0.2) is 4.98 Å². The van der Waals surface area contributed by atoms with Gasteiger partial charge in [0.15, 0.2) is 0 Å². The first kappa shape index (κ1) is 17.0. The zero-order chi connectivity index (χ0) is 17.5. The molecule has 3 rings (SSSR count). The zero-order valence-electron chi connectivity index (χ0n) is 14.1. The van der Waals surface area contributed by atoms with Crippen LogP contribution in [0.4, 0.5) is 5.82 Å². The van der Waals surface area contributed by atoms with Gasteiger partial charge < -0.3 is 15.1 Å².